The molecule has 134 valence electrons. The summed E-state index contributed by atoms with van der Waals surface area (Å²) in [6, 6.07) is 10.9. The fourth-order valence-electron chi connectivity index (χ4n) is 2.17. The van der Waals surface area contributed by atoms with Gasteiger partial charge in [-0.1, -0.05) is 6.07 Å². The number of amides is 2. The molecular formula is C18H22N2O4S. The summed E-state index contributed by atoms with van der Waals surface area (Å²) in [5.41, 5.74) is 0. The highest BCUT2D eigenvalue weighted by Crippen LogP contribution is 2.16. The summed E-state index contributed by atoms with van der Waals surface area (Å²) in [7, 11) is 1.61. The maximum Gasteiger partial charge on any atom is 0.261 e. The van der Waals surface area contributed by atoms with E-state index in [0.29, 0.717) is 31.1 Å². The van der Waals surface area contributed by atoms with Crippen molar-refractivity contribution in [2.24, 2.45) is 0 Å². The Morgan fingerprint density at radius 3 is 2.44 bits per heavy atom. The third-order valence-electron chi connectivity index (χ3n) is 3.55. The van der Waals surface area contributed by atoms with E-state index in [2.05, 4.69) is 5.32 Å². The van der Waals surface area contributed by atoms with Gasteiger partial charge >= 0.3 is 0 Å². The minimum Gasteiger partial charge on any atom is -0.497 e. The molecule has 0 saturated carbocycles. The van der Waals surface area contributed by atoms with Gasteiger partial charge in [0.05, 0.1) is 18.5 Å². The second-order valence-corrected chi connectivity index (χ2v) is 6.21. The molecule has 0 unspecified atom stereocenters. The Bertz CT molecular complexity index is 671. The Morgan fingerprint density at radius 2 is 1.84 bits per heavy atom. The Kier molecular flexibility index (Phi) is 7.28. The van der Waals surface area contributed by atoms with Gasteiger partial charge in [0.15, 0.2) is 0 Å². The first-order valence-corrected chi connectivity index (χ1v) is 8.82. The van der Waals surface area contributed by atoms with E-state index >= 15 is 0 Å². The van der Waals surface area contributed by atoms with Crippen LogP contribution in [0.2, 0.25) is 0 Å². The van der Waals surface area contributed by atoms with Gasteiger partial charge in [-0.2, -0.15) is 0 Å². The minimum atomic E-state index is -0.118. The SMILES string of the molecule is COc1ccc(OCCN(CCNC(=O)c2cccs2)C(C)=O)cc1. The van der Waals surface area contributed by atoms with E-state index in [0.717, 1.165) is 11.5 Å². The predicted molar refractivity (Wildman–Crippen MR) is 97.4 cm³/mol. The quantitative estimate of drug-likeness (QED) is 0.744. The van der Waals surface area contributed by atoms with E-state index in [1.165, 1.54) is 18.3 Å². The van der Waals surface area contributed by atoms with Crippen molar-refractivity contribution >= 4 is 23.2 Å². The Morgan fingerprint density at radius 1 is 1.12 bits per heavy atom. The van der Waals surface area contributed by atoms with Crippen LogP contribution in [0.3, 0.4) is 0 Å². The first-order valence-electron chi connectivity index (χ1n) is 7.94. The van der Waals surface area contributed by atoms with Crippen LogP contribution in [0.15, 0.2) is 41.8 Å². The van der Waals surface area contributed by atoms with Crippen LogP contribution in [0, 0.1) is 0 Å². The molecule has 1 aromatic carbocycles. The van der Waals surface area contributed by atoms with Gasteiger partial charge in [-0.3, -0.25) is 9.59 Å². The number of methoxy groups -OCH3 is 1. The molecule has 0 atom stereocenters. The van der Waals surface area contributed by atoms with Crippen molar-refractivity contribution in [2.75, 3.05) is 33.4 Å². The number of rotatable bonds is 9. The van der Waals surface area contributed by atoms with Gasteiger partial charge < -0.3 is 19.7 Å². The summed E-state index contributed by atoms with van der Waals surface area (Å²) in [6.07, 6.45) is 0. The number of nitrogens with zero attached hydrogens (tertiary/aromatic N) is 1. The zero-order valence-electron chi connectivity index (χ0n) is 14.4. The molecule has 0 bridgehead atoms. The van der Waals surface area contributed by atoms with Crippen molar-refractivity contribution in [3.63, 3.8) is 0 Å². The van der Waals surface area contributed by atoms with Crippen molar-refractivity contribution in [3.8, 4) is 11.5 Å². The number of nitrogens with one attached hydrogen (secondary N) is 1. The van der Waals surface area contributed by atoms with Crippen LogP contribution in [0.25, 0.3) is 0 Å². The summed E-state index contributed by atoms with van der Waals surface area (Å²) >= 11 is 1.39. The molecule has 25 heavy (non-hydrogen) atoms. The predicted octanol–water partition coefficient (Wildman–Crippen LogP) is 2.41. The lowest BCUT2D eigenvalue weighted by molar-refractivity contribution is -0.129. The number of benzene rings is 1. The number of thiophene rings is 1. The molecule has 1 N–H and O–H groups in total. The zero-order chi connectivity index (χ0) is 18.1. The summed E-state index contributed by atoms with van der Waals surface area (Å²) in [6.45, 7) is 3.19. The first kappa shape index (κ1) is 18.8. The van der Waals surface area contributed by atoms with E-state index in [1.807, 2.05) is 35.7 Å². The molecule has 2 rings (SSSR count). The molecule has 0 aliphatic rings. The van der Waals surface area contributed by atoms with E-state index < -0.39 is 0 Å². The van der Waals surface area contributed by atoms with Crippen LogP contribution in [0.5, 0.6) is 11.5 Å². The van der Waals surface area contributed by atoms with Gasteiger partial charge in [-0.25, -0.2) is 0 Å². The van der Waals surface area contributed by atoms with Crippen LogP contribution < -0.4 is 14.8 Å². The molecule has 0 aliphatic carbocycles. The van der Waals surface area contributed by atoms with Crippen LogP contribution in [-0.4, -0.2) is 50.1 Å². The van der Waals surface area contributed by atoms with Crippen LogP contribution in [0.1, 0.15) is 16.6 Å². The monoisotopic (exact) mass is 362 g/mol. The van der Waals surface area contributed by atoms with Crippen LogP contribution in [0.4, 0.5) is 0 Å². The molecule has 6 nitrogen and oxygen atoms in total. The van der Waals surface area contributed by atoms with Crippen LogP contribution in [-0.2, 0) is 4.79 Å². The molecule has 2 aromatic rings. The highest BCUT2D eigenvalue weighted by Gasteiger charge is 2.10. The maximum atomic E-state index is 11.9. The number of carbonyl (C=O) groups excluding carboxylic acids is 2. The van der Waals surface area contributed by atoms with Crippen molar-refractivity contribution in [1.29, 1.82) is 0 Å². The molecule has 1 aromatic heterocycles. The van der Waals surface area contributed by atoms with E-state index in [9.17, 15) is 9.59 Å². The standard InChI is InChI=1S/C18H22N2O4S/c1-14(21)20(10-9-19-18(22)17-4-3-13-25-17)11-12-24-16-7-5-15(23-2)6-8-16/h3-8,13H,9-12H2,1-2H3,(H,19,22). The molecule has 7 heteroatoms. The summed E-state index contributed by atoms with van der Waals surface area (Å²) < 4.78 is 10.7. The first-order chi connectivity index (χ1) is 12.1. The van der Waals surface area contributed by atoms with Gasteiger partial charge in [-0.15, -0.1) is 11.3 Å². The lowest BCUT2D eigenvalue weighted by Crippen LogP contribution is -2.39. The van der Waals surface area contributed by atoms with Crippen molar-refractivity contribution < 1.29 is 19.1 Å². The molecule has 0 radical (unpaired) electrons. The maximum absolute atomic E-state index is 11.9. The Balaban J connectivity index is 1.72. The average Bonchev–Trinajstić information content (AvgIpc) is 3.15. The third kappa shape index (κ3) is 6.11. The Labute approximate surface area is 151 Å². The zero-order valence-corrected chi connectivity index (χ0v) is 15.2. The second kappa shape index (κ2) is 9.68. The smallest absolute Gasteiger partial charge is 0.261 e. The molecule has 1 heterocycles. The summed E-state index contributed by atoms with van der Waals surface area (Å²) in [5.74, 6) is 1.31. The normalized spacial score (nSPS) is 10.2. The Hall–Kier alpha value is -2.54. The minimum absolute atomic E-state index is 0.0521. The van der Waals surface area contributed by atoms with Gasteiger partial charge in [0, 0.05) is 20.0 Å². The van der Waals surface area contributed by atoms with E-state index in [1.54, 1.807) is 18.1 Å². The van der Waals surface area contributed by atoms with Crippen LogP contribution >= 0.6 is 11.3 Å². The van der Waals surface area contributed by atoms with Gasteiger partial charge in [0.25, 0.3) is 5.91 Å². The largest absolute Gasteiger partial charge is 0.497 e. The summed E-state index contributed by atoms with van der Waals surface area (Å²) in [4.78, 5) is 25.9. The summed E-state index contributed by atoms with van der Waals surface area (Å²) in [5, 5.41) is 4.67. The lowest BCUT2D eigenvalue weighted by Gasteiger charge is -2.21. The van der Waals surface area contributed by atoms with Gasteiger partial charge in [0.1, 0.15) is 18.1 Å². The number of hydrogen-bond acceptors (Lipinski definition) is 5. The lowest BCUT2D eigenvalue weighted by atomic mass is 10.3. The van der Waals surface area contributed by atoms with Crippen molar-refractivity contribution in [1.82, 2.24) is 10.2 Å². The molecule has 0 aliphatic heterocycles. The number of hydrogen-bond donors (Lipinski definition) is 1. The number of ether oxygens (including phenoxy) is 2. The molecular weight excluding hydrogens is 340 g/mol. The topological polar surface area (TPSA) is 67.9 Å². The van der Waals surface area contributed by atoms with Gasteiger partial charge in [0.2, 0.25) is 5.91 Å². The van der Waals surface area contributed by atoms with Crippen molar-refractivity contribution in [3.05, 3.63) is 46.7 Å². The second-order valence-electron chi connectivity index (χ2n) is 5.26. The van der Waals surface area contributed by atoms with E-state index in [4.69, 9.17) is 9.47 Å². The van der Waals surface area contributed by atoms with E-state index in [-0.39, 0.29) is 11.8 Å². The fourth-order valence-corrected chi connectivity index (χ4v) is 2.81. The van der Waals surface area contributed by atoms with Gasteiger partial charge in [-0.05, 0) is 35.7 Å². The molecule has 0 fully saturated rings. The number of carbonyl (C=O) groups is 2. The third-order valence-corrected chi connectivity index (χ3v) is 4.42. The molecule has 0 saturated heterocycles. The average molecular weight is 362 g/mol. The fraction of sp³-hybridized carbons (Fsp3) is 0.333. The highest BCUT2D eigenvalue weighted by atomic mass is 32.1. The molecule has 0 spiro atoms. The highest BCUT2D eigenvalue weighted by molar-refractivity contribution is 7.12. The molecule has 2 amide bonds. The van der Waals surface area contributed by atoms with Crippen molar-refractivity contribution in [2.45, 2.75) is 6.92 Å².